The lowest BCUT2D eigenvalue weighted by Crippen LogP contribution is -2.05. The number of aromatic nitrogens is 2. The predicted octanol–water partition coefficient (Wildman–Crippen LogP) is 1.68. The minimum Gasteiger partial charge on any atom is -0.366 e. The summed E-state index contributed by atoms with van der Waals surface area (Å²) >= 11 is 0. The monoisotopic (exact) mass is 227 g/mol. The van der Waals surface area contributed by atoms with Gasteiger partial charge in [0.25, 0.3) is 0 Å². The van der Waals surface area contributed by atoms with E-state index in [0.29, 0.717) is 0 Å². The lowest BCUT2D eigenvalue weighted by molar-refractivity contribution is -0.113. The molecule has 2 rings (SSSR count). The summed E-state index contributed by atoms with van der Waals surface area (Å²) in [5.74, 6) is -0.461. The van der Waals surface area contributed by atoms with Crippen LogP contribution < -0.4 is 5.73 Å². The number of hydrogen-bond acceptors (Lipinski definition) is 2. The number of para-hydroxylation sites is 1. The van der Waals surface area contributed by atoms with Gasteiger partial charge in [-0.15, -0.1) is 0 Å². The number of aryl methyl sites for hydroxylation is 1. The molecule has 0 radical (unpaired) electrons. The number of carbonyl (C=O) groups excluding carboxylic acids is 1. The lowest BCUT2D eigenvalue weighted by atomic mass is 10.2. The number of nitrogens with zero attached hydrogens (tertiary/aromatic N) is 2. The highest BCUT2D eigenvalue weighted by Crippen LogP contribution is 2.12. The zero-order valence-electron chi connectivity index (χ0n) is 9.50. The van der Waals surface area contributed by atoms with Crippen LogP contribution in [0.1, 0.15) is 11.3 Å². The van der Waals surface area contributed by atoms with Crippen molar-refractivity contribution in [3.63, 3.8) is 0 Å². The SMILES string of the molecule is Cc1nn(-c2ccccc2)cc1/C=C\C(N)=O. The zero-order chi connectivity index (χ0) is 12.3. The van der Waals surface area contributed by atoms with Crippen LogP contribution in [-0.4, -0.2) is 15.7 Å². The highest BCUT2D eigenvalue weighted by molar-refractivity contribution is 5.90. The molecule has 0 aliphatic carbocycles. The van der Waals surface area contributed by atoms with Crippen molar-refractivity contribution in [3.8, 4) is 5.69 Å². The Balaban J connectivity index is 2.34. The highest BCUT2D eigenvalue weighted by Gasteiger charge is 2.03. The fraction of sp³-hybridized carbons (Fsp3) is 0.0769. The van der Waals surface area contributed by atoms with Gasteiger partial charge in [-0.05, 0) is 25.1 Å². The standard InChI is InChI=1S/C13H13N3O/c1-10-11(7-8-13(14)17)9-16(15-10)12-5-3-2-4-6-12/h2-9H,1H3,(H2,14,17)/b8-7-. The number of benzene rings is 1. The third-order valence-electron chi connectivity index (χ3n) is 2.38. The fourth-order valence-corrected chi connectivity index (χ4v) is 1.52. The maximum absolute atomic E-state index is 10.7. The molecule has 1 aromatic heterocycles. The molecule has 2 aromatic rings. The van der Waals surface area contributed by atoms with Crippen LogP contribution in [0.15, 0.2) is 42.6 Å². The van der Waals surface area contributed by atoms with Crippen molar-refractivity contribution in [2.45, 2.75) is 6.92 Å². The minimum absolute atomic E-state index is 0.461. The Morgan fingerprint density at radius 1 is 1.35 bits per heavy atom. The molecule has 0 saturated carbocycles. The van der Waals surface area contributed by atoms with Crippen molar-refractivity contribution in [1.82, 2.24) is 9.78 Å². The molecular weight excluding hydrogens is 214 g/mol. The molecule has 1 amide bonds. The molecule has 0 unspecified atom stereocenters. The van der Waals surface area contributed by atoms with E-state index in [9.17, 15) is 4.79 Å². The molecule has 1 aromatic carbocycles. The molecule has 0 aliphatic rings. The maximum atomic E-state index is 10.7. The van der Waals surface area contributed by atoms with Gasteiger partial charge in [0.2, 0.25) is 5.91 Å². The fourth-order valence-electron chi connectivity index (χ4n) is 1.52. The van der Waals surface area contributed by atoms with E-state index in [2.05, 4.69) is 5.10 Å². The molecular formula is C13H13N3O. The average molecular weight is 227 g/mol. The number of nitrogens with two attached hydrogens (primary N) is 1. The Hall–Kier alpha value is -2.36. The smallest absolute Gasteiger partial charge is 0.241 e. The highest BCUT2D eigenvalue weighted by atomic mass is 16.1. The van der Waals surface area contributed by atoms with Gasteiger partial charge in [-0.2, -0.15) is 5.10 Å². The Morgan fingerprint density at radius 2 is 2.06 bits per heavy atom. The molecule has 0 saturated heterocycles. The summed E-state index contributed by atoms with van der Waals surface area (Å²) in [5.41, 5.74) is 7.77. The van der Waals surface area contributed by atoms with Crippen LogP contribution >= 0.6 is 0 Å². The van der Waals surface area contributed by atoms with E-state index in [1.54, 1.807) is 10.8 Å². The van der Waals surface area contributed by atoms with Crippen LogP contribution in [0.25, 0.3) is 11.8 Å². The van der Waals surface area contributed by atoms with E-state index >= 15 is 0 Å². The number of amides is 1. The normalized spacial score (nSPS) is 10.9. The van der Waals surface area contributed by atoms with Gasteiger partial charge in [-0.25, -0.2) is 4.68 Å². The second-order valence-electron chi connectivity index (χ2n) is 3.69. The largest absolute Gasteiger partial charge is 0.366 e. The van der Waals surface area contributed by atoms with E-state index in [0.717, 1.165) is 16.9 Å². The van der Waals surface area contributed by atoms with Gasteiger partial charge in [0, 0.05) is 17.8 Å². The molecule has 0 atom stereocenters. The average Bonchev–Trinajstić information content (AvgIpc) is 2.69. The molecule has 0 bridgehead atoms. The number of rotatable bonds is 3. The van der Waals surface area contributed by atoms with E-state index in [-0.39, 0.29) is 0 Å². The van der Waals surface area contributed by atoms with E-state index in [1.807, 2.05) is 43.5 Å². The van der Waals surface area contributed by atoms with Crippen LogP contribution in [0.2, 0.25) is 0 Å². The summed E-state index contributed by atoms with van der Waals surface area (Å²) < 4.78 is 1.77. The maximum Gasteiger partial charge on any atom is 0.241 e. The molecule has 2 N–H and O–H groups in total. The Bertz CT molecular complexity index is 555. The number of hydrogen-bond donors (Lipinski definition) is 1. The molecule has 17 heavy (non-hydrogen) atoms. The summed E-state index contributed by atoms with van der Waals surface area (Å²) in [5, 5.41) is 4.37. The molecule has 0 spiro atoms. The quantitative estimate of drug-likeness (QED) is 0.811. The first-order valence-electron chi connectivity index (χ1n) is 5.26. The molecule has 4 heteroatoms. The second kappa shape index (κ2) is 4.65. The van der Waals surface area contributed by atoms with Gasteiger partial charge in [0.05, 0.1) is 11.4 Å². The Morgan fingerprint density at radius 3 is 2.71 bits per heavy atom. The Labute approximate surface area is 99.4 Å². The third kappa shape index (κ3) is 2.60. The van der Waals surface area contributed by atoms with Gasteiger partial charge in [0.1, 0.15) is 0 Å². The van der Waals surface area contributed by atoms with Crippen LogP contribution in [0.3, 0.4) is 0 Å². The summed E-state index contributed by atoms with van der Waals surface area (Å²) in [4.78, 5) is 10.7. The van der Waals surface area contributed by atoms with Gasteiger partial charge >= 0.3 is 0 Å². The van der Waals surface area contributed by atoms with Crippen molar-refractivity contribution >= 4 is 12.0 Å². The topological polar surface area (TPSA) is 60.9 Å². The molecule has 86 valence electrons. The summed E-state index contributed by atoms with van der Waals surface area (Å²) in [6.45, 7) is 1.89. The minimum atomic E-state index is -0.461. The first kappa shape index (κ1) is 11.1. The molecule has 0 fully saturated rings. The van der Waals surface area contributed by atoms with Crippen molar-refractivity contribution in [2.24, 2.45) is 5.73 Å². The van der Waals surface area contributed by atoms with Crippen molar-refractivity contribution in [2.75, 3.05) is 0 Å². The third-order valence-corrected chi connectivity index (χ3v) is 2.38. The molecule has 4 nitrogen and oxygen atoms in total. The zero-order valence-corrected chi connectivity index (χ0v) is 9.50. The first-order chi connectivity index (χ1) is 8.16. The van der Waals surface area contributed by atoms with Crippen molar-refractivity contribution in [3.05, 3.63) is 53.9 Å². The number of carbonyl (C=O) groups is 1. The molecule has 1 heterocycles. The van der Waals surface area contributed by atoms with Crippen LogP contribution in [0, 0.1) is 6.92 Å². The van der Waals surface area contributed by atoms with E-state index in [1.165, 1.54) is 6.08 Å². The van der Waals surface area contributed by atoms with Gasteiger partial charge in [0.15, 0.2) is 0 Å². The van der Waals surface area contributed by atoms with Crippen molar-refractivity contribution in [1.29, 1.82) is 0 Å². The summed E-state index contributed by atoms with van der Waals surface area (Å²) in [7, 11) is 0. The number of primary amides is 1. The first-order valence-corrected chi connectivity index (χ1v) is 5.26. The lowest BCUT2D eigenvalue weighted by Gasteiger charge is -1.98. The second-order valence-corrected chi connectivity index (χ2v) is 3.69. The van der Waals surface area contributed by atoms with Crippen LogP contribution in [0.5, 0.6) is 0 Å². The van der Waals surface area contributed by atoms with Gasteiger partial charge in [-0.3, -0.25) is 4.79 Å². The summed E-state index contributed by atoms with van der Waals surface area (Å²) in [6.07, 6.45) is 4.87. The van der Waals surface area contributed by atoms with Crippen LogP contribution in [-0.2, 0) is 4.79 Å². The van der Waals surface area contributed by atoms with Gasteiger partial charge < -0.3 is 5.73 Å². The van der Waals surface area contributed by atoms with Gasteiger partial charge in [-0.1, -0.05) is 18.2 Å². The van der Waals surface area contributed by atoms with E-state index < -0.39 is 5.91 Å². The predicted molar refractivity (Wildman–Crippen MR) is 66.5 cm³/mol. The van der Waals surface area contributed by atoms with Crippen molar-refractivity contribution < 1.29 is 4.79 Å². The van der Waals surface area contributed by atoms with Crippen LogP contribution in [0.4, 0.5) is 0 Å². The van der Waals surface area contributed by atoms with E-state index in [4.69, 9.17) is 5.73 Å². The Kier molecular flexibility index (Phi) is 3.05. The molecule has 0 aliphatic heterocycles. The summed E-state index contributed by atoms with van der Waals surface area (Å²) in [6, 6.07) is 9.78.